The van der Waals surface area contributed by atoms with Crippen LogP contribution in [0.1, 0.15) is 31.4 Å². The molecular formula is C24H24ClN3O2. The smallest absolute Gasteiger partial charge is 0.298 e. The third-order valence-electron chi connectivity index (χ3n) is 5.04. The molecule has 30 heavy (non-hydrogen) atoms. The van der Waals surface area contributed by atoms with Gasteiger partial charge in [-0.15, -0.1) is 11.5 Å². The van der Waals surface area contributed by atoms with Crippen molar-refractivity contribution in [3.63, 3.8) is 0 Å². The van der Waals surface area contributed by atoms with E-state index in [1.165, 1.54) is 9.25 Å². The summed E-state index contributed by atoms with van der Waals surface area (Å²) in [6.45, 7) is 6.04. The second-order valence-electron chi connectivity index (χ2n) is 8.03. The van der Waals surface area contributed by atoms with E-state index >= 15 is 0 Å². The molecule has 5 nitrogen and oxygen atoms in total. The van der Waals surface area contributed by atoms with Crippen LogP contribution in [0.2, 0.25) is 5.02 Å². The number of nitrogens with zero attached hydrogens (tertiary/aromatic N) is 3. The van der Waals surface area contributed by atoms with Gasteiger partial charge in [0.2, 0.25) is 0 Å². The van der Waals surface area contributed by atoms with Crippen LogP contribution in [0.5, 0.6) is 0 Å². The number of hydrogen-bond acceptors (Lipinski definition) is 3. The van der Waals surface area contributed by atoms with Crippen molar-refractivity contribution in [2.24, 2.45) is 0 Å². The van der Waals surface area contributed by atoms with Gasteiger partial charge in [-0.2, -0.15) is 0 Å². The maximum absolute atomic E-state index is 12.8. The molecule has 1 heterocycles. The van der Waals surface area contributed by atoms with Crippen molar-refractivity contribution in [3.05, 3.63) is 75.2 Å². The van der Waals surface area contributed by atoms with E-state index in [4.69, 9.17) is 18.0 Å². The molecule has 0 bridgehead atoms. The predicted octanol–water partition coefficient (Wildman–Crippen LogP) is 4.24. The highest BCUT2D eigenvalue weighted by atomic mass is 35.5. The van der Waals surface area contributed by atoms with Gasteiger partial charge in [0, 0.05) is 17.0 Å². The fraction of sp³-hybridized carbons (Fsp3) is 0.292. The van der Waals surface area contributed by atoms with Gasteiger partial charge in [-0.3, -0.25) is 9.36 Å². The molecule has 3 aromatic rings. The summed E-state index contributed by atoms with van der Waals surface area (Å²) in [5.74, 6) is 2.82. The number of ketones is 1. The Kier molecular flexibility index (Phi) is 6.28. The molecule has 0 fully saturated rings. The Labute approximate surface area is 181 Å². The second kappa shape index (κ2) is 8.73. The topological polar surface area (TPSA) is 56.9 Å². The molecule has 6 heteroatoms. The number of carbonyl (C=O) groups is 1. The lowest BCUT2D eigenvalue weighted by molar-refractivity contribution is -0.120. The van der Waals surface area contributed by atoms with Crippen LogP contribution in [0.3, 0.4) is 0 Å². The largest absolute Gasteiger partial charge is 0.347 e. The van der Waals surface area contributed by atoms with Gasteiger partial charge in [-0.25, -0.2) is 9.48 Å². The van der Waals surface area contributed by atoms with E-state index < -0.39 is 5.69 Å². The minimum absolute atomic E-state index is 0.0692. The molecule has 0 radical (unpaired) electrons. The maximum atomic E-state index is 12.8. The van der Waals surface area contributed by atoms with Gasteiger partial charge < -0.3 is 0 Å². The number of Topliss-reactive ketones (excluding diaryl/α,β-unsaturated/α-hetero) is 1. The van der Waals surface area contributed by atoms with E-state index in [0.29, 0.717) is 22.8 Å². The van der Waals surface area contributed by atoms with Crippen molar-refractivity contribution < 1.29 is 4.79 Å². The predicted molar refractivity (Wildman–Crippen MR) is 120 cm³/mol. The molecule has 3 rings (SSSR count). The fourth-order valence-electron chi connectivity index (χ4n) is 3.47. The lowest BCUT2D eigenvalue weighted by atomic mass is 9.79. The number of aryl methyl sites for hydroxylation is 1. The number of aromatic nitrogens is 3. The van der Waals surface area contributed by atoms with Gasteiger partial charge in [0.05, 0.1) is 6.54 Å². The molecule has 0 amide bonds. The lowest BCUT2D eigenvalue weighted by Gasteiger charge is -2.24. The molecule has 2 aromatic carbocycles. The zero-order valence-corrected chi connectivity index (χ0v) is 18.1. The normalized spacial score (nSPS) is 11.3. The highest BCUT2D eigenvalue weighted by Crippen LogP contribution is 2.28. The minimum Gasteiger partial charge on any atom is -0.298 e. The molecule has 0 spiro atoms. The fourth-order valence-corrected chi connectivity index (χ4v) is 3.60. The standard InChI is InChI=1S/C24H24ClN3O2/c1-5-13-27-22(18-9-11-20(25)12-10-18)26-28(23(27)30)16-21(29)15-24(3,4)19-8-6-7-17(2)14-19/h1,6-12,14H,13,15-16H2,2-4H3. The third kappa shape index (κ3) is 4.72. The third-order valence-corrected chi connectivity index (χ3v) is 5.29. The molecule has 0 saturated heterocycles. The first-order chi connectivity index (χ1) is 14.2. The van der Waals surface area contributed by atoms with Crippen LogP contribution < -0.4 is 5.69 Å². The van der Waals surface area contributed by atoms with E-state index in [1.54, 1.807) is 24.3 Å². The molecule has 0 aliphatic heterocycles. The van der Waals surface area contributed by atoms with Crippen LogP contribution >= 0.6 is 11.6 Å². The van der Waals surface area contributed by atoms with Crippen LogP contribution in [-0.2, 0) is 23.3 Å². The van der Waals surface area contributed by atoms with Crippen molar-refractivity contribution >= 4 is 17.4 Å². The zero-order valence-electron chi connectivity index (χ0n) is 17.4. The quantitative estimate of drug-likeness (QED) is 0.536. The van der Waals surface area contributed by atoms with Gasteiger partial charge in [0.15, 0.2) is 11.6 Å². The average Bonchev–Trinajstić information content (AvgIpc) is 2.98. The summed E-state index contributed by atoms with van der Waals surface area (Å²) >= 11 is 5.96. The van der Waals surface area contributed by atoms with Crippen molar-refractivity contribution in [3.8, 4) is 23.7 Å². The Morgan fingerprint density at radius 3 is 2.53 bits per heavy atom. The summed E-state index contributed by atoms with van der Waals surface area (Å²) in [5.41, 5.74) is 2.18. The van der Waals surface area contributed by atoms with Crippen molar-refractivity contribution in [1.82, 2.24) is 14.3 Å². The van der Waals surface area contributed by atoms with Crippen molar-refractivity contribution in [2.45, 2.75) is 45.7 Å². The van der Waals surface area contributed by atoms with E-state index in [9.17, 15) is 9.59 Å². The van der Waals surface area contributed by atoms with E-state index in [0.717, 1.165) is 11.1 Å². The Hall–Kier alpha value is -3.10. The average molecular weight is 422 g/mol. The number of hydrogen-bond donors (Lipinski definition) is 0. The molecule has 1 aromatic heterocycles. The summed E-state index contributed by atoms with van der Waals surface area (Å²) < 4.78 is 2.58. The Balaban J connectivity index is 1.86. The molecular weight excluding hydrogens is 398 g/mol. The summed E-state index contributed by atoms with van der Waals surface area (Å²) in [6, 6.07) is 15.1. The van der Waals surface area contributed by atoms with Gasteiger partial charge in [0.25, 0.3) is 0 Å². The SMILES string of the molecule is C#CCn1c(-c2ccc(Cl)cc2)nn(CC(=O)CC(C)(C)c2cccc(C)c2)c1=O. The van der Waals surface area contributed by atoms with Crippen molar-refractivity contribution in [2.75, 3.05) is 0 Å². The van der Waals surface area contributed by atoms with Crippen LogP contribution in [0.25, 0.3) is 11.4 Å². The molecule has 154 valence electrons. The van der Waals surface area contributed by atoms with E-state index in [2.05, 4.69) is 17.1 Å². The first-order valence-electron chi connectivity index (χ1n) is 9.67. The number of benzene rings is 2. The van der Waals surface area contributed by atoms with Crippen LogP contribution in [-0.4, -0.2) is 20.1 Å². The monoisotopic (exact) mass is 421 g/mol. The van der Waals surface area contributed by atoms with E-state index in [1.807, 2.05) is 39.0 Å². The van der Waals surface area contributed by atoms with Gasteiger partial charge in [0.1, 0.15) is 6.54 Å². The Bertz CT molecular complexity index is 1160. The molecule has 0 N–H and O–H groups in total. The molecule has 0 unspecified atom stereocenters. The summed E-state index contributed by atoms with van der Waals surface area (Å²) in [7, 11) is 0. The van der Waals surface area contributed by atoms with Gasteiger partial charge in [-0.05, 0) is 42.2 Å². The Morgan fingerprint density at radius 2 is 1.90 bits per heavy atom. The molecule has 0 atom stereocenters. The number of terminal acetylenes is 1. The summed E-state index contributed by atoms with van der Waals surface area (Å²) in [6.07, 6.45) is 5.73. The molecule has 0 aliphatic rings. The second-order valence-corrected chi connectivity index (χ2v) is 8.47. The number of halogens is 1. The zero-order chi connectivity index (χ0) is 21.9. The molecule has 0 saturated carbocycles. The summed E-state index contributed by atoms with van der Waals surface area (Å²) in [5, 5.41) is 4.97. The first-order valence-corrected chi connectivity index (χ1v) is 10.0. The number of carbonyl (C=O) groups excluding carboxylic acids is 1. The van der Waals surface area contributed by atoms with Gasteiger partial charge >= 0.3 is 5.69 Å². The molecule has 0 aliphatic carbocycles. The minimum atomic E-state index is -0.403. The maximum Gasteiger partial charge on any atom is 0.347 e. The highest BCUT2D eigenvalue weighted by Gasteiger charge is 2.25. The van der Waals surface area contributed by atoms with Crippen LogP contribution in [0.15, 0.2) is 53.3 Å². The van der Waals surface area contributed by atoms with Crippen molar-refractivity contribution in [1.29, 1.82) is 0 Å². The Morgan fingerprint density at radius 1 is 1.20 bits per heavy atom. The first kappa shape index (κ1) is 21.6. The van der Waals surface area contributed by atoms with Gasteiger partial charge in [-0.1, -0.05) is 61.2 Å². The number of rotatable bonds is 7. The highest BCUT2D eigenvalue weighted by molar-refractivity contribution is 6.30. The van der Waals surface area contributed by atoms with Crippen LogP contribution in [0.4, 0.5) is 0 Å². The van der Waals surface area contributed by atoms with Crippen LogP contribution in [0, 0.1) is 19.3 Å². The lowest BCUT2D eigenvalue weighted by Crippen LogP contribution is -2.30. The van der Waals surface area contributed by atoms with E-state index in [-0.39, 0.29) is 24.3 Å². The summed E-state index contributed by atoms with van der Waals surface area (Å²) in [4.78, 5) is 25.7.